The van der Waals surface area contributed by atoms with Crippen LogP contribution in [0.2, 0.25) is 10.0 Å². The van der Waals surface area contributed by atoms with Crippen LogP contribution in [0.1, 0.15) is 40.7 Å². The minimum atomic E-state index is -0.586. The number of carbonyl (C=O) groups excluding carboxylic acids is 2. The van der Waals surface area contributed by atoms with Crippen LogP contribution >= 0.6 is 23.2 Å². The Bertz CT molecular complexity index is 1430. The van der Waals surface area contributed by atoms with E-state index in [2.05, 4.69) is 5.32 Å². The Morgan fingerprint density at radius 2 is 1.72 bits per heavy atom. The molecule has 0 saturated carbocycles. The summed E-state index contributed by atoms with van der Waals surface area (Å²) in [5, 5.41) is 12.8. The summed E-state index contributed by atoms with van der Waals surface area (Å²) in [6.45, 7) is 1.90. The highest BCUT2D eigenvalue weighted by atomic mass is 35.5. The van der Waals surface area contributed by atoms with E-state index in [1.54, 1.807) is 30.3 Å². The number of hydrogen-bond acceptors (Lipinski definition) is 5. The first-order valence-corrected chi connectivity index (χ1v) is 13.2. The third kappa shape index (κ3) is 7.32. The number of carbonyl (C=O) groups is 2. The topological polar surface area (TPSA) is 91.7 Å². The number of nitriles is 1. The number of anilines is 1. The average molecular weight is 564 g/mol. The van der Waals surface area contributed by atoms with E-state index in [4.69, 9.17) is 32.7 Å². The second kappa shape index (κ2) is 13.2. The van der Waals surface area contributed by atoms with Gasteiger partial charge < -0.3 is 19.7 Å². The Hall–Kier alpha value is -3.99. The molecule has 7 nitrogen and oxygen atoms in total. The van der Waals surface area contributed by atoms with Crippen LogP contribution in [0, 0.1) is 11.3 Å². The lowest BCUT2D eigenvalue weighted by molar-refractivity contribution is -0.112. The predicted molar refractivity (Wildman–Crippen MR) is 152 cm³/mol. The number of likely N-dealkylation sites (tertiary alicyclic amines) is 1. The molecule has 0 bridgehead atoms. The molecule has 4 rings (SSSR count). The third-order valence-corrected chi connectivity index (χ3v) is 7.02. The van der Waals surface area contributed by atoms with Gasteiger partial charge in [0, 0.05) is 24.3 Å². The van der Waals surface area contributed by atoms with Gasteiger partial charge in [-0.3, -0.25) is 9.59 Å². The lowest BCUT2D eigenvalue weighted by Gasteiger charge is -2.26. The monoisotopic (exact) mass is 563 g/mol. The Kier molecular flexibility index (Phi) is 9.48. The maximum absolute atomic E-state index is 12.7. The van der Waals surface area contributed by atoms with Crippen LogP contribution in [0.5, 0.6) is 11.5 Å². The lowest BCUT2D eigenvalue weighted by atomic mass is 10.1. The summed E-state index contributed by atoms with van der Waals surface area (Å²) in [6, 6.07) is 19.1. The number of amides is 2. The van der Waals surface area contributed by atoms with Crippen molar-refractivity contribution in [3.63, 3.8) is 0 Å². The SMILES string of the molecule is COc1cc(/C=C(/C#N)C(=O)Nc2ccc(Cl)c(Cl)c2)ccc1OCc1ccc(C(=O)N2CCCCC2)cc1. The molecule has 0 radical (unpaired) electrons. The van der Waals surface area contributed by atoms with Gasteiger partial charge in [-0.05, 0) is 78.9 Å². The predicted octanol–water partition coefficient (Wildman–Crippen LogP) is 6.75. The van der Waals surface area contributed by atoms with Crippen molar-refractivity contribution in [2.45, 2.75) is 25.9 Å². The van der Waals surface area contributed by atoms with Crippen LogP contribution in [-0.2, 0) is 11.4 Å². The van der Waals surface area contributed by atoms with Crippen LogP contribution in [0.15, 0.2) is 66.2 Å². The number of benzene rings is 3. The van der Waals surface area contributed by atoms with Gasteiger partial charge in [0.15, 0.2) is 11.5 Å². The molecular formula is C30H27Cl2N3O4. The molecule has 0 spiro atoms. The van der Waals surface area contributed by atoms with Crippen molar-refractivity contribution < 1.29 is 19.1 Å². The van der Waals surface area contributed by atoms with Gasteiger partial charge in [-0.25, -0.2) is 0 Å². The number of piperidine rings is 1. The zero-order valence-corrected chi connectivity index (χ0v) is 22.9. The first-order valence-electron chi connectivity index (χ1n) is 12.4. The largest absolute Gasteiger partial charge is 0.493 e. The average Bonchev–Trinajstić information content (AvgIpc) is 2.97. The summed E-state index contributed by atoms with van der Waals surface area (Å²) in [6.07, 6.45) is 4.74. The van der Waals surface area contributed by atoms with Gasteiger partial charge >= 0.3 is 0 Å². The van der Waals surface area contributed by atoms with Crippen molar-refractivity contribution in [2.75, 3.05) is 25.5 Å². The molecule has 9 heteroatoms. The lowest BCUT2D eigenvalue weighted by Crippen LogP contribution is -2.35. The van der Waals surface area contributed by atoms with Gasteiger partial charge in [-0.2, -0.15) is 5.26 Å². The molecule has 1 N–H and O–H groups in total. The maximum Gasteiger partial charge on any atom is 0.266 e. The highest BCUT2D eigenvalue weighted by Crippen LogP contribution is 2.30. The van der Waals surface area contributed by atoms with E-state index >= 15 is 0 Å². The van der Waals surface area contributed by atoms with Crippen molar-refractivity contribution in [1.82, 2.24) is 4.90 Å². The highest BCUT2D eigenvalue weighted by molar-refractivity contribution is 6.42. The van der Waals surface area contributed by atoms with E-state index in [0.29, 0.717) is 38.4 Å². The number of hydrogen-bond donors (Lipinski definition) is 1. The zero-order chi connectivity index (χ0) is 27.8. The van der Waals surface area contributed by atoms with Crippen LogP contribution in [-0.4, -0.2) is 36.9 Å². The Balaban J connectivity index is 1.40. The van der Waals surface area contributed by atoms with Crippen molar-refractivity contribution >= 4 is 46.8 Å². The minimum Gasteiger partial charge on any atom is -0.493 e. The number of ether oxygens (including phenoxy) is 2. The van der Waals surface area contributed by atoms with Gasteiger partial charge in [0.05, 0.1) is 17.2 Å². The summed E-state index contributed by atoms with van der Waals surface area (Å²) in [7, 11) is 1.51. The van der Waals surface area contributed by atoms with Crippen molar-refractivity contribution in [3.8, 4) is 17.6 Å². The van der Waals surface area contributed by atoms with Gasteiger partial charge in [0.1, 0.15) is 18.2 Å². The highest BCUT2D eigenvalue weighted by Gasteiger charge is 2.18. The number of methoxy groups -OCH3 is 1. The molecule has 1 fully saturated rings. The molecule has 0 aromatic heterocycles. The maximum atomic E-state index is 12.7. The number of halogens is 2. The van der Waals surface area contributed by atoms with Crippen molar-refractivity contribution in [1.29, 1.82) is 5.26 Å². The fourth-order valence-electron chi connectivity index (χ4n) is 4.16. The second-order valence-electron chi connectivity index (χ2n) is 9.00. The summed E-state index contributed by atoms with van der Waals surface area (Å²) < 4.78 is 11.4. The third-order valence-electron chi connectivity index (χ3n) is 6.28. The molecule has 1 heterocycles. The van der Waals surface area contributed by atoms with Gasteiger partial charge in [0.25, 0.3) is 11.8 Å². The van der Waals surface area contributed by atoms with E-state index in [-0.39, 0.29) is 18.1 Å². The standard InChI is InChI=1S/C30H27Cl2N3O4/c1-38-28-16-21(15-23(18-33)29(36)34-24-10-11-25(31)26(32)17-24)7-12-27(28)39-19-20-5-8-22(9-6-20)30(37)35-13-3-2-4-14-35/h5-12,15-17H,2-4,13-14,19H2,1H3,(H,34,36)/b23-15-. The quantitative estimate of drug-likeness (QED) is 0.241. The van der Waals surface area contributed by atoms with Crippen LogP contribution < -0.4 is 14.8 Å². The van der Waals surface area contributed by atoms with Crippen LogP contribution in [0.4, 0.5) is 5.69 Å². The molecule has 1 saturated heterocycles. The molecule has 1 aliphatic rings. The number of rotatable bonds is 8. The van der Waals surface area contributed by atoms with Gasteiger partial charge in [-0.1, -0.05) is 41.4 Å². The van der Waals surface area contributed by atoms with Gasteiger partial charge in [-0.15, -0.1) is 0 Å². The summed E-state index contributed by atoms with van der Waals surface area (Å²) in [5.74, 6) is 0.428. The second-order valence-corrected chi connectivity index (χ2v) is 9.82. The number of nitrogens with one attached hydrogen (secondary N) is 1. The van der Waals surface area contributed by atoms with E-state index in [9.17, 15) is 14.9 Å². The van der Waals surface area contributed by atoms with E-state index < -0.39 is 5.91 Å². The molecule has 200 valence electrons. The Morgan fingerprint density at radius 3 is 2.38 bits per heavy atom. The molecule has 2 amide bonds. The minimum absolute atomic E-state index is 0.0647. The van der Waals surface area contributed by atoms with E-state index in [1.165, 1.54) is 25.7 Å². The van der Waals surface area contributed by atoms with Crippen molar-refractivity contribution in [2.24, 2.45) is 0 Å². The van der Waals surface area contributed by atoms with E-state index in [0.717, 1.165) is 31.5 Å². The molecule has 3 aromatic rings. The molecule has 0 aliphatic carbocycles. The smallest absolute Gasteiger partial charge is 0.266 e. The zero-order valence-electron chi connectivity index (χ0n) is 21.4. The summed E-state index contributed by atoms with van der Waals surface area (Å²) >= 11 is 11.9. The number of nitrogens with zero attached hydrogens (tertiary/aromatic N) is 2. The fourth-order valence-corrected chi connectivity index (χ4v) is 4.46. The molecule has 1 aliphatic heterocycles. The Labute approximate surface area is 237 Å². The molecule has 0 unspecified atom stereocenters. The fraction of sp³-hybridized carbons (Fsp3) is 0.233. The summed E-state index contributed by atoms with van der Waals surface area (Å²) in [5.41, 5.74) is 2.48. The van der Waals surface area contributed by atoms with Crippen LogP contribution in [0.3, 0.4) is 0 Å². The van der Waals surface area contributed by atoms with Crippen LogP contribution in [0.25, 0.3) is 6.08 Å². The normalized spacial score (nSPS) is 13.4. The Morgan fingerprint density at radius 1 is 0.974 bits per heavy atom. The summed E-state index contributed by atoms with van der Waals surface area (Å²) in [4.78, 5) is 27.2. The molecular weight excluding hydrogens is 537 g/mol. The van der Waals surface area contributed by atoms with Crippen molar-refractivity contribution in [3.05, 3.63) is 93.0 Å². The molecule has 39 heavy (non-hydrogen) atoms. The van der Waals surface area contributed by atoms with Gasteiger partial charge in [0.2, 0.25) is 0 Å². The molecule has 0 atom stereocenters. The molecule has 3 aromatic carbocycles. The first kappa shape index (κ1) is 28.0. The first-order chi connectivity index (χ1) is 18.9. The van der Waals surface area contributed by atoms with E-state index in [1.807, 2.05) is 35.2 Å².